The van der Waals surface area contributed by atoms with Crippen molar-refractivity contribution in [3.8, 4) is 0 Å². The highest BCUT2D eigenvalue weighted by Crippen LogP contribution is 2.21. The van der Waals surface area contributed by atoms with Crippen LogP contribution in [0.5, 0.6) is 0 Å². The first-order chi connectivity index (χ1) is 6.62. The van der Waals surface area contributed by atoms with E-state index in [4.69, 9.17) is 0 Å². The van der Waals surface area contributed by atoms with E-state index in [0.29, 0.717) is 23.7 Å². The van der Waals surface area contributed by atoms with Gasteiger partial charge in [-0.05, 0) is 19.8 Å². The van der Waals surface area contributed by atoms with Crippen LogP contribution in [0.2, 0.25) is 0 Å². The Morgan fingerprint density at radius 2 is 2.07 bits per heavy atom. The van der Waals surface area contributed by atoms with Gasteiger partial charge < -0.3 is 0 Å². The minimum atomic E-state index is -3.29. The van der Waals surface area contributed by atoms with E-state index >= 15 is 0 Å². The second kappa shape index (κ2) is 3.36. The fourth-order valence-electron chi connectivity index (χ4n) is 1.67. The topological polar surface area (TPSA) is 66.1 Å². The van der Waals surface area contributed by atoms with E-state index < -0.39 is 10.0 Å². The summed E-state index contributed by atoms with van der Waals surface area (Å²) in [4.78, 5) is 0.305. The SMILES string of the molecule is Cc1[nH]ncc1S(=O)(=O)N1CCCC1. The van der Waals surface area contributed by atoms with Crippen molar-refractivity contribution in [2.24, 2.45) is 0 Å². The Labute approximate surface area is 83.2 Å². The van der Waals surface area contributed by atoms with Gasteiger partial charge in [-0.15, -0.1) is 0 Å². The third-order valence-electron chi connectivity index (χ3n) is 2.47. The molecule has 0 spiro atoms. The summed E-state index contributed by atoms with van der Waals surface area (Å²) < 4.78 is 25.5. The van der Waals surface area contributed by atoms with Crippen LogP contribution in [0.4, 0.5) is 0 Å². The van der Waals surface area contributed by atoms with Crippen LogP contribution in [0.15, 0.2) is 11.1 Å². The first kappa shape index (κ1) is 9.67. The lowest BCUT2D eigenvalue weighted by Gasteiger charge is -2.14. The predicted octanol–water partition coefficient (Wildman–Crippen LogP) is 0.503. The maximum absolute atomic E-state index is 12.0. The molecule has 1 aliphatic rings. The van der Waals surface area contributed by atoms with Gasteiger partial charge in [-0.3, -0.25) is 5.10 Å². The van der Waals surface area contributed by atoms with Gasteiger partial charge in [0.25, 0.3) is 0 Å². The summed E-state index contributed by atoms with van der Waals surface area (Å²) in [5.41, 5.74) is 0.608. The Bertz CT molecular complexity index is 418. The number of nitrogens with one attached hydrogen (secondary N) is 1. The number of hydrogen-bond donors (Lipinski definition) is 1. The number of H-pyrrole nitrogens is 1. The third-order valence-corrected chi connectivity index (χ3v) is 4.48. The molecule has 2 rings (SSSR count). The van der Waals surface area contributed by atoms with Crippen LogP contribution in [0, 0.1) is 6.92 Å². The summed E-state index contributed by atoms with van der Waals surface area (Å²) in [7, 11) is -3.29. The summed E-state index contributed by atoms with van der Waals surface area (Å²) in [5.74, 6) is 0. The number of rotatable bonds is 2. The highest BCUT2D eigenvalue weighted by Gasteiger charge is 2.29. The predicted molar refractivity (Wildman–Crippen MR) is 51.3 cm³/mol. The van der Waals surface area contributed by atoms with Gasteiger partial charge in [-0.1, -0.05) is 0 Å². The molecule has 2 heterocycles. The fourth-order valence-corrected chi connectivity index (χ4v) is 3.30. The van der Waals surface area contributed by atoms with Gasteiger partial charge in [0.2, 0.25) is 10.0 Å². The van der Waals surface area contributed by atoms with Crippen molar-refractivity contribution in [1.29, 1.82) is 0 Å². The minimum Gasteiger partial charge on any atom is -0.281 e. The Morgan fingerprint density at radius 1 is 1.43 bits per heavy atom. The minimum absolute atomic E-state index is 0.305. The van der Waals surface area contributed by atoms with E-state index in [2.05, 4.69) is 10.2 Å². The highest BCUT2D eigenvalue weighted by atomic mass is 32.2. The van der Waals surface area contributed by atoms with E-state index in [1.54, 1.807) is 6.92 Å². The van der Waals surface area contributed by atoms with Gasteiger partial charge in [0.1, 0.15) is 4.90 Å². The molecule has 1 aromatic rings. The molecule has 78 valence electrons. The summed E-state index contributed by atoms with van der Waals surface area (Å²) in [6.45, 7) is 2.98. The average Bonchev–Trinajstić information content (AvgIpc) is 2.72. The van der Waals surface area contributed by atoms with Crippen LogP contribution in [0.25, 0.3) is 0 Å². The van der Waals surface area contributed by atoms with E-state index in [0.717, 1.165) is 12.8 Å². The standard InChI is InChI=1S/C8H13N3O2S/c1-7-8(6-9-10-7)14(12,13)11-4-2-3-5-11/h6H,2-5H2,1H3,(H,9,10). The van der Waals surface area contributed by atoms with Crippen LogP contribution in [0.1, 0.15) is 18.5 Å². The van der Waals surface area contributed by atoms with Gasteiger partial charge in [-0.25, -0.2) is 8.42 Å². The summed E-state index contributed by atoms with van der Waals surface area (Å²) in [5, 5.41) is 6.37. The van der Waals surface area contributed by atoms with Crippen molar-refractivity contribution in [2.45, 2.75) is 24.7 Å². The van der Waals surface area contributed by atoms with Gasteiger partial charge in [0.15, 0.2) is 0 Å². The van der Waals surface area contributed by atoms with Crippen molar-refractivity contribution < 1.29 is 8.42 Å². The molecule has 0 saturated carbocycles. The number of aryl methyl sites for hydroxylation is 1. The maximum Gasteiger partial charge on any atom is 0.246 e. The summed E-state index contributed by atoms with van der Waals surface area (Å²) in [6.07, 6.45) is 3.29. The number of nitrogens with zero attached hydrogens (tertiary/aromatic N) is 2. The number of aromatic nitrogens is 2. The maximum atomic E-state index is 12.0. The monoisotopic (exact) mass is 215 g/mol. The summed E-state index contributed by atoms with van der Waals surface area (Å²) >= 11 is 0. The van der Waals surface area contributed by atoms with E-state index in [1.165, 1.54) is 10.5 Å². The largest absolute Gasteiger partial charge is 0.281 e. The Kier molecular flexibility index (Phi) is 2.32. The average molecular weight is 215 g/mol. The molecule has 1 aromatic heterocycles. The molecular formula is C8H13N3O2S. The second-order valence-electron chi connectivity index (χ2n) is 3.47. The van der Waals surface area contributed by atoms with E-state index in [-0.39, 0.29) is 0 Å². The van der Waals surface area contributed by atoms with Crippen molar-refractivity contribution in [1.82, 2.24) is 14.5 Å². The molecule has 1 N–H and O–H groups in total. The molecule has 0 unspecified atom stereocenters. The van der Waals surface area contributed by atoms with Crippen molar-refractivity contribution in [2.75, 3.05) is 13.1 Å². The van der Waals surface area contributed by atoms with Crippen LogP contribution in [0.3, 0.4) is 0 Å². The molecule has 1 aliphatic heterocycles. The Balaban J connectivity index is 2.37. The van der Waals surface area contributed by atoms with Crippen molar-refractivity contribution in [3.05, 3.63) is 11.9 Å². The molecule has 0 atom stereocenters. The van der Waals surface area contributed by atoms with E-state index in [1.807, 2.05) is 0 Å². The molecule has 6 heteroatoms. The Hall–Kier alpha value is -0.880. The zero-order chi connectivity index (χ0) is 10.2. The zero-order valence-corrected chi connectivity index (χ0v) is 8.84. The molecule has 0 aliphatic carbocycles. The lowest BCUT2D eigenvalue weighted by molar-refractivity contribution is 0.477. The first-order valence-electron chi connectivity index (χ1n) is 4.62. The molecule has 0 bridgehead atoms. The smallest absolute Gasteiger partial charge is 0.246 e. The highest BCUT2D eigenvalue weighted by molar-refractivity contribution is 7.89. The molecule has 1 saturated heterocycles. The lowest BCUT2D eigenvalue weighted by atomic mass is 10.4. The van der Waals surface area contributed by atoms with Gasteiger partial charge in [0.05, 0.1) is 11.9 Å². The van der Waals surface area contributed by atoms with Gasteiger partial charge in [0, 0.05) is 13.1 Å². The lowest BCUT2D eigenvalue weighted by Crippen LogP contribution is -2.28. The molecule has 0 radical (unpaired) electrons. The van der Waals surface area contributed by atoms with Crippen LogP contribution in [-0.2, 0) is 10.0 Å². The van der Waals surface area contributed by atoms with Gasteiger partial charge >= 0.3 is 0 Å². The van der Waals surface area contributed by atoms with Gasteiger partial charge in [-0.2, -0.15) is 9.40 Å². The fraction of sp³-hybridized carbons (Fsp3) is 0.625. The number of sulfonamides is 1. The molecule has 5 nitrogen and oxygen atoms in total. The van der Waals surface area contributed by atoms with Crippen LogP contribution < -0.4 is 0 Å². The van der Waals surface area contributed by atoms with Crippen LogP contribution in [-0.4, -0.2) is 36.0 Å². The number of hydrogen-bond acceptors (Lipinski definition) is 3. The normalized spacial score (nSPS) is 18.9. The molecule has 0 amide bonds. The van der Waals surface area contributed by atoms with Crippen molar-refractivity contribution in [3.63, 3.8) is 0 Å². The van der Waals surface area contributed by atoms with Crippen LogP contribution >= 0.6 is 0 Å². The molecule has 0 aromatic carbocycles. The van der Waals surface area contributed by atoms with E-state index in [9.17, 15) is 8.42 Å². The molecular weight excluding hydrogens is 202 g/mol. The zero-order valence-electron chi connectivity index (χ0n) is 8.02. The summed E-state index contributed by atoms with van der Waals surface area (Å²) in [6, 6.07) is 0. The third kappa shape index (κ3) is 1.44. The first-order valence-corrected chi connectivity index (χ1v) is 6.06. The Morgan fingerprint density at radius 3 is 2.57 bits per heavy atom. The molecule has 1 fully saturated rings. The number of aromatic amines is 1. The quantitative estimate of drug-likeness (QED) is 0.781. The molecule has 14 heavy (non-hydrogen) atoms. The second-order valence-corrected chi connectivity index (χ2v) is 5.38. The van der Waals surface area contributed by atoms with Crippen molar-refractivity contribution >= 4 is 10.0 Å².